The summed E-state index contributed by atoms with van der Waals surface area (Å²) in [5, 5.41) is 1.72. The molecule has 0 saturated heterocycles. The highest BCUT2D eigenvalue weighted by Crippen LogP contribution is 2.39. The summed E-state index contributed by atoms with van der Waals surface area (Å²) in [7, 11) is 0. The molecule has 0 aliphatic heterocycles. The van der Waals surface area contributed by atoms with Gasteiger partial charge in [-0.15, -0.1) is 0 Å². The monoisotopic (exact) mass is 400 g/mol. The molecule has 1 aromatic heterocycles. The molecule has 1 aliphatic carbocycles. The first-order chi connectivity index (χ1) is 12.6. The number of hydrogen-bond acceptors (Lipinski definition) is 3. The van der Waals surface area contributed by atoms with E-state index in [2.05, 4.69) is 10.3 Å². The number of carbonyl (C=O) groups is 2. The molecule has 9 heteroatoms. The minimum absolute atomic E-state index is 0.00161. The largest absolute Gasteiger partial charge is 0.417 e. The zero-order chi connectivity index (χ0) is 19.8. The maximum Gasteiger partial charge on any atom is 0.417 e. The van der Waals surface area contributed by atoms with Gasteiger partial charge in [0.05, 0.1) is 10.6 Å². The van der Waals surface area contributed by atoms with Crippen LogP contribution in [0.1, 0.15) is 40.0 Å². The lowest BCUT2D eigenvalue weighted by molar-refractivity contribution is -0.137. The summed E-state index contributed by atoms with van der Waals surface area (Å²) in [6.45, 7) is -0.392. The van der Waals surface area contributed by atoms with Gasteiger partial charge in [-0.25, -0.2) is 4.39 Å². The normalized spacial score (nSPS) is 19.5. The molecule has 0 spiro atoms. The molecule has 27 heavy (non-hydrogen) atoms. The molecule has 0 bridgehead atoms. The number of carbonyl (C=O) groups excluding carboxylic acids is 2. The van der Waals surface area contributed by atoms with Gasteiger partial charge in [0.2, 0.25) is 5.67 Å². The number of aromatic nitrogens is 1. The quantitative estimate of drug-likeness (QED) is 0.785. The van der Waals surface area contributed by atoms with Gasteiger partial charge in [0.25, 0.3) is 5.91 Å². The van der Waals surface area contributed by atoms with E-state index >= 15 is 4.39 Å². The summed E-state index contributed by atoms with van der Waals surface area (Å²) in [5.41, 5.74) is -3.79. The molecule has 142 valence electrons. The molecule has 3 rings (SSSR count). The standard InChI is InChI=1S/C18H13ClF4N2O2/c19-14-10(3-1-4-11(14)18(21,22)23)9-25-16(27)17(20)7-6-13(26)15-12(17)5-2-8-24-15/h1-5,8H,6-7,9H2,(H,25,27). The average Bonchev–Trinajstić information content (AvgIpc) is 2.63. The molecule has 0 fully saturated rings. The molecule has 1 aliphatic rings. The van der Waals surface area contributed by atoms with Crippen LogP contribution in [0.4, 0.5) is 17.6 Å². The van der Waals surface area contributed by atoms with Crippen LogP contribution in [0, 0.1) is 0 Å². The molecule has 1 N–H and O–H groups in total. The summed E-state index contributed by atoms with van der Waals surface area (Å²) < 4.78 is 54.1. The number of alkyl halides is 4. The second kappa shape index (κ2) is 6.92. The number of benzene rings is 1. The lowest BCUT2D eigenvalue weighted by Crippen LogP contribution is -2.44. The fraction of sp³-hybridized carbons (Fsp3) is 0.278. The first kappa shape index (κ1) is 19.3. The van der Waals surface area contributed by atoms with Gasteiger partial charge in [-0.1, -0.05) is 29.8 Å². The summed E-state index contributed by atoms with van der Waals surface area (Å²) in [6, 6.07) is 5.99. The van der Waals surface area contributed by atoms with E-state index in [4.69, 9.17) is 11.6 Å². The number of nitrogens with zero attached hydrogens (tertiary/aromatic N) is 1. The van der Waals surface area contributed by atoms with Crippen molar-refractivity contribution in [3.63, 3.8) is 0 Å². The van der Waals surface area contributed by atoms with Gasteiger partial charge in [-0.3, -0.25) is 14.6 Å². The Balaban J connectivity index is 1.83. The van der Waals surface area contributed by atoms with Crippen molar-refractivity contribution in [2.45, 2.75) is 31.2 Å². The maximum atomic E-state index is 15.4. The minimum atomic E-state index is -4.65. The van der Waals surface area contributed by atoms with Crippen LogP contribution < -0.4 is 5.32 Å². The van der Waals surface area contributed by atoms with Crippen LogP contribution >= 0.6 is 11.6 Å². The first-order valence-corrected chi connectivity index (χ1v) is 8.33. The van der Waals surface area contributed by atoms with Crippen LogP contribution in [0.25, 0.3) is 0 Å². The van der Waals surface area contributed by atoms with Crippen molar-refractivity contribution in [1.82, 2.24) is 10.3 Å². The van der Waals surface area contributed by atoms with Gasteiger partial charge >= 0.3 is 6.18 Å². The molecule has 1 unspecified atom stereocenters. The number of pyridine rings is 1. The average molecular weight is 401 g/mol. The topological polar surface area (TPSA) is 59.1 Å². The Morgan fingerprint density at radius 1 is 1.26 bits per heavy atom. The molecule has 2 aromatic rings. The van der Waals surface area contributed by atoms with E-state index in [9.17, 15) is 22.8 Å². The SMILES string of the molecule is O=C1CCC(F)(C(=O)NCc2cccc(C(F)(F)F)c2Cl)c2cccnc21. The molecule has 0 radical (unpaired) electrons. The van der Waals surface area contributed by atoms with Crippen LogP contribution in [-0.4, -0.2) is 16.7 Å². The van der Waals surface area contributed by atoms with E-state index in [0.717, 1.165) is 12.1 Å². The molecule has 0 saturated carbocycles. The van der Waals surface area contributed by atoms with E-state index < -0.39 is 34.9 Å². The Kier molecular flexibility index (Phi) is 4.94. The highest BCUT2D eigenvalue weighted by molar-refractivity contribution is 6.32. The Hall–Kier alpha value is -2.48. The van der Waals surface area contributed by atoms with Crippen LogP contribution in [-0.2, 0) is 23.2 Å². The lowest BCUT2D eigenvalue weighted by Gasteiger charge is -2.29. The van der Waals surface area contributed by atoms with Gasteiger partial charge in [-0.05, 0) is 17.7 Å². The first-order valence-electron chi connectivity index (χ1n) is 7.95. The Labute approximate surface area is 156 Å². The number of amides is 1. The zero-order valence-electron chi connectivity index (χ0n) is 13.7. The van der Waals surface area contributed by atoms with Crippen molar-refractivity contribution < 1.29 is 27.2 Å². The number of hydrogen-bond donors (Lipinski definition) is 1. The van der Waals surface area contributed by atoms with Crippen molar-refractivity contribution in [3.05, 3.63) is 63.9 Å². The fourth-order valence-corrected chi connectivity index (χ4v) is 3.27. The van der Waals surface area contributed by atoms with E-state index in [0.29, 0.717) is 0 Å². The lowest BCUT2D eigenvalue weighted by atomic mass is 9.81. The van der Waals surface area contributed by atoms with Gasteiger partial charge in [0, 0.05) is 31.1 Å². The fourth-order valence-electron chi connectivity index (χ4n) is 2.97. The molecule has 1 atom stereocenters. The van der Waals surface area contributed by atoms with Crippen LogP contribution in [0.15, 0.2) is 36.5 Å². The number of nitrogens with one attached hydrogen (secondary N) is 1. The molecular formula is C18H13ClF4N2O2. The van der Waals surface area contributed by atoms with E-state index in [1.54, 1.807) is 0 Å². The van der Waals surface area contributed by atoms with Crippen LogP contribution in [0.2, 0.25) is 5.02 Å². The van der Waals surface area contributed by atoms with Crippen molar-refractivity contribution in [1.29, 1.82) is 0 Å². The molecule has 4 nitrogen and oxygen atoms in total. The van der Waals surface area contributed by atoms with Crippen LogP contribution in [0.5, 0.6) is 0 Å². The Bertz CT molecular complexity index is 916. The van der Waals surface area contributed by atoms with E-state index in [1.165, 1.54) is 24.4 Å². The summed E-state index contributed by atoms with van der Waals surface area (Å²) in [5.74, 6) is -1.43. The van der Waals surface area contributed by atoms with Crippen molar-refractivity contribution in [3.8, 4) is 0 Å². The smallest absolute Gasteiger partial charge is 0.349 e. The predicted octanol–water partition coefficient (Wildman–Crippen LogP) is 4.21. The third kappa shape index (κ3) is 3.53. The van der Waals surface area contributed by atoms with Crippen molar-refractivity contribution in [2.24, 2.45) is 0 Å². The molecule has 1 aromatic carbocycles. The van der Waals surface area contributed by atoms with Gasteiger partial charge < -0.3 is 5.32 Å². The van der Waals surface area contributed by atoms with Gasteiger partial charge in [0.15, 0.2) is 5.78 Å². The second-order valence-corrected chi connectivity index (χ2v) is 6.46. The highest BCUT2D eigenvalue weighted by Gasteiger charge is 2.46. The third-order valence-corrected chi connectivity index (χ3v) is 4.83. The van der Waals surface area contributed by atoms with E-state index in [-0.39, 0.29) is 35.4 Å². The molecule has 1 amide bonds. The number of Topliss-reactive ketones (excluding diaryl/α,β-unsaturated/α-hetero) is 1. The summed E-state index contributed by atoms with van der Waals surface area (Å²) in [4.78, 5) is 28.2. The third-order valence-electron chi connectivity index (χ3n) is 4.38. The zero-order valence-corrected chi connectivity index (χ0v) is 14.5. The van der Waals surface area contributed by atoms with Gasteiger partial charge in [0.1, 0.15) is 5.69 Å². The van der Waals surface area contributed by atoms with Gasteiger partial charge in [-0.2, -0.15) is 13.2 Å². The number of rotatable bonds is 3. The van der Waals surface area contributed by atoms with Crippen LogP contribution in [0.3, 0.4) is 0 Å². The molecular weight excluding hydrogens is 388 g/mol. The number of halogens is 5. The minimum Gasteiger partial charge on any atom is -0.349 e. The summed E-state index contributed by atoms with van der Waals surface area (Å²) in [6.07, 6.45) is -3.89. The Morgan fingerprint density at radius 2 is 2.00 bits per heavy atom. The van der Waals surface area contributed by atoms with E-state index in [1.807, 2.05) is 0 Å². The molecule has 1 heterocycles. The summed E-state index contributed by atoms with van der Waals surface area (Å²) >= 11 is 5.78. The Morgan fingerprint density at radius 3 is 2.70 bits per heavy atom. The second-order valence-electron chi connectivity index (χ2n) is 6.08. The highest BCUT2D eigenvalue weighted by atomic mass is 35.5. The number of fused-ring (bicyclic) bond motifs is 1. The maximum absolute atomic E-state index is 15.4. The predicted molar refractivity (Wildman–Crippen MR) is 88.9 cm³/mol. The van der Waals surface area contributed by atoms with Crippen molar-refractivity contribution >= 4 is 23.3 Å². The number of ketones is 1. The van der Waals surface area contributed by atoms with Crippen molar-refractivity contribution in [2.75, 3.05) is 0 Å².